The van der Waals surface area contributed by atoms with Crippen LogP contribution in [0.4, 0.5) is 0 Å². The van der Waals surface area contributed by atoms with Crippen molar-refractivity contribution in [3.63, 3.8) is 0 Å². The lowest BCUT2D eigenvalue weighted by Gasteiger charge is -2.29. The minimum atomic E-state index is -1.98. The molecule has 0 saturated heterocycles. The van der Waals surface area contributed by atoms with Gasteiger partial charge in [-0.3, -0.25) is 4.90 Å². The van der Waals surface area contributed by atoms with E-state index in [1.165, 1.54) is 12.8 Å². The van der Waals surface area contributed by atoms with Gasteiger partial charge in [-0.1, -0.05) is 33.6 Å². The number of thiol groups is 1. The molecule has 0 aromatic heterocycles. The summed E-state index contributed by atoms with van der Waals surface area (Å²) in [7, 11) is -0.194. The molecule has 0 N–H and O–H groups in total. The van der Waals surface area contributed by atoms with E-state index in [2.05, 4.69) is 44.8 Å². The van der Waals surface area contributed by atoms with E-state index < -0.39 is 8.56 Å². The second-order valence-corrected chi connectivity index (χ2v) is 9.44. The largest absolute Gasteiger partial charge is 0.398 e. The zero-order valence-corrected chi connectivity index (χ0v) is 15.3. The standard InChI is InChI=1S/C14H33NO2SSi/c1-6-10-14(18)11-9-12-19(5,16-4)17-13-15(7-2)8-3/h14,18H,6-13H2,1-5H3. The third-order valence-corrected chi connectivity index (χ3v) is 7.05. The molecule has 0 fully saturated rings. The van der Waals surface area contributed by atoms with Crippen molar-refractivity contribution in [3.8, 4) is 0 Å². The highest BCUT2D eigenvalue weighted by Gasteiger charge is 2.30. The summed E-state index contributed by atoms with van der Waals surface area (Å²) in [5, 5.41) is 0.530. The van der Waals surface area contributed by atoms with Crippen molar-refractivity contribution in [2.75, 3.05) is 26.9 Å². The first-order valence-electron chi connectivity index (χ1n) is 7.60. The fraction of sp³-hybridized carbons (Fsp3) is 1.00. The third kappa shape index (κ3) is 9.08. The highest BCUT2D eigenvalue weighted by atomic mass is 32.1. The predicted molar refractivity (Wildman–Crippen MR) is 89.2 cm³/mol. The van der Waals surface area contributed by atoms with Crippen LogP contribution in [0, 0.1) is 0 Å². The summed E-state index contributed by atoms with van der Waals surface area (Å²) < 4.78 is 11.8. The normalized spacial score (nSPS) is 16.6. The second kappa shape index (κ2) is 11.1. The molecule has 0 radical (unpaired) electrons. The Morgan fingerprint density at radius 1 is 1.16 bits per heavy atom. The van der Waals surface area contributed by atoms with Crippen LogP contribution in [0.2, 0.25) is 12.6 Å². The molecule has 19 heavy (non-hydrogen) atoms. The average molecular weight is 308 g/mol. The maximum Gasteiger partial charge on any atom is 0.335 e. The molecule has 0 bridgehead atoms. The minimum Gasteiger partial charge on any atom is -0.398 e. The topological polar surface area (TPSA) is 21.7 Å². The SMILES string of the molecule is CCCC(S)CCC[Si](C)(OC)OCN(CC)CC. The second-order valence-electron chi connectivity index (χ2n) is 5.25. The summed E-state index contributed by atoms with van der Waals surface area (Å²) in [6.07, 6.45) is 4.74. The molecule has 2 unspecified atom stereocenters. The molecule has 0 saturated carbocycles. The molecule has 0 rings (SSSR count). The molecular weight excluding hydrogens is 274 g/mol. The van der Waals surface area contributed by atoms with Crippen molar-refractivity contribution in [3.05, 3.63) is 0 Å². The molecule has 0 aliphatic rings. The first-order chi connectivity index (χ1) is 9.01. The fourth-order valence-electron chi connectivity index (χ4n) is 2.00. The van der Waals surface area contributed by atoms with Crippen LogP contribution in [0.25, 0.3) is 0 Å². The Morgan fingerprint density at radius 2 is 1.79 bits per heavy atom. The van der Waals surface area contributed by atoms with E-state index in [1.807, 2.05) is 0 Å². The zero-order valence-electron chi connectivity index (χ0n) is 13.4. The fourth-order valence-corrected chi connectivity index (χ4v) is 4.21. The lowest BCUT2D eigenvalue weighted by Crippen LogP contribution is -2.41. The Kier molecular flexibility index (Phi) is 11.4. The van der Waals surface area contributed by atoms with E-state index in [0.29, 0.717) is 12.0 Å². The van der Waals surface area contributed by atoms with E-state index in [1.54, 1.807) is 7.11 Å². The summed E-state index contributed by atoms with van der Waals surface area (Å²) in [6, 6.07) is 1.06. The van der Waals surface area contributed by atoms with Gasteiger partial charge < -0.3 is 8.85 Å². The van der Waals surface area contributed by atoms with Gasteiger partial charge in [-0.15, -0.1) is 0 Å². The minimum absolute atomic E-state index is 0.530. The van der Waals surface area contributed by atoms with Crippen LogP contribution in [0.1, 0.15) is 46.5 Å². The van der Waals surface area contributed by atoms with Gasteiger partial charge in [0, 0.05) is 12.4 Å². The average Bonchev–Trinajstić information content (AvgIpc) is 2.40. The number of hydrogen-bond donors (Lipinski definition) is 1. The van der Waals surface area contributed by atoms with E-state index >= 15 is 0 Å². The molecule has 0 amide bonds. The molecular formula is C14H33NO2SSi. The summed E-state index contributed by atoms with van der Waals surface area (Å²) in [4.78, 5) is 2.28. The molecule has 2 atom stereocenters. The molecule has 5 heteroatoms. The summed E-state index contributed by atoms with van der Waals surface area (Å²) in [6.45, 7) is 11.5. The van der Waals surface area contributed by atoms with Gasteiger partial charge in [-0.2, -0.15) is 12.6 Å². The lowest BCUT2D eigenvalue weighted by atomic mass is 10.2. The van der Waals surface area contributed by atoms with E-state index in [4.69, 9.17) is 8.85 Å². The van der Waals surface area contributed by atoms with Gasteiger partial charge in [-0.25, -0.2) is 0 Å². The van der Waals surface area contributed by atoms with Crippen molar-refractivity contribution < 1.29 is 8.85 Å². The Hall–Kier alpha value is 0.447. The van der Waals surface area contributed by atoms with Crippen LogP contribution in [0.15, 0.2) is 0 Å². The molecule has 0 heterocycles. The molecule has 3 nitrogen and oxygen atoms in total. The molecule has 0 aromatic carbocycles. The van der Waals surface area contributed by atoms with Crippen LogP contribution in [0.3, 0.4) is 0 Å². The van der Waals surface area contributed by atoms with Crippen molar-refractivity contribution in [2.45, 2.75) is 64.3 Å². The predicted octanol–water partition coefficient (Wildman–Crippen LogP) is 3.90. The summed E-state index contributed by atoms with van der Waals surface area (Å²) >= 11 is 4.61. The first-order valence-corrected chi connectivity index (χ1v) is 10.6. The Bertz CT molecular complexity index is 218. The molecule has 0 aliphatic carbocycles. The zero-order chi connectivity index (χ0) is 14.7. The van der Waals surface area contributed by atoms with Crippen molar-refractivity contribution in [2.24, 2.45) is 0 Å². The van der Waals surface area contributed by atoms with Crippen molar-refractivity contribution in [1.82, 2.24) is 4.90 Å². The van der Waals surface area contributed by atoms with E-state index in [-0.39, 0.29) is 0 Å². The monoisotopic (exact) mass is 307 g/mol. The van der Waals surface area contributed by atoms with Crippen LogP contribution >= 0.6 is 12.6 Å². The van der Waals surface area contributed by atoms with Gasteiger partial charge in [-0.05, 0) is 38.5 Å². The molecule has 0 spiro atoms. The van der Waals surface area contributed by atoms with Crippen LogP contribution in [-0.2, 0) is 8.85 Å². The van der Waals surface area contributed by atoms with Gasteiger partial charge in [0.15, 0.2) is 0 Å². The smallest absolute Gasteiger partial charge is 0.335 e. The Labute approximate surface area is 126 Å². The van der Waals surface area contributed by atoms with Crippen LogP contribution in [0.5, 0.6) is 0 Å². The number of rotatable bonds is 12. The molecule has 0 aromatic rings. The van der Waals surface area contributed by atoms with Gasteiger partial charge in [0.1, 0.15) is 0 Å². The summed E-state index contributed by atoms with van der Waals surface area (Å²) in [5.41, 5.74) is 0. The van der Waals surface area contributed by atoms with Gasteiger partial charge >= 0.3 is 8.56 Å². The van der Waals surface area contributed by atoms with Crippen LogP contribution in [-0.4, -0.2) is 45.6 Å². The number of nitrogens with zero attached hydrogens (tertiary/aromatic N) is 1. The Balaban J connectivity index is 4.00. The Morgan fingerprint density at radius 3 is 2.26 bits per heavy atom. The molecule has 0 aliphatic heterocycles. The first kappa shape index (κ1) is 19.4. The van der Waals surface area contributed by atoms with Crippen LogP contribution < -0.4 is 0 Å². The summed E-state index contributed by atoms with van der Waals surface area (Å²) in [5.74, 6) is 0. The van der Waals surface area contributed by atoms with E-state index in [9.17, 15) is 0 Å². The third-order valence-electron chi connectivity index (χ3n) is 3.67. The highest BCUT2D eigenvalue weighted by molar-refractivity contribution is 7.80. The van der Waals surface area contributed by atoms with Crippen molar-refractivity contribution in [1.29, 1.82) is 0 Å². The lowest BCUT2D eigenvalue weighted by molar-refractivity contribution is 0.0961. The van der Waals surface area contributed by atoms with Crippen molar-refractivity contribution >= 4 is 21.2 Å². The molecule has 116 valence electrons. The van der Waals surface area contributed by atoms with Gasteiger partial charge in [0.05, 0.1) is 6.73 Å². The highest BCUT2D eigenvalue weighted by Crippen LogP contribution is 2.20. The maximum absolute atomic E-state index is 6.08. The van der Waals surface area contributed by atoms with Gasteiger partial charge in [0.2, 0.25) is 0 Å². The number of hydrogen-bond acceptors (Lipinski definition) is 4. The maximum atomic E-state index is 6.08. The van der Waals surface area contributed by atoms with Gasteiger partial charge in [0.25, 0.3) is 0 Å². The quantitative estimate of drug-likeness (QED) is 0.336. The van der Waals surface area contributed by atoms with E-state index in [0.717, 1.165) is 32.0 Å².